The van der Waals surface area contributed by atoms with Crippen LogP contribution in [0, 0.1) is 35.0 Å². The first kappa shape index (κ1) is 40.0. The number of hydrogen-bond acceptors (Lipinski definition) is 9. The van der Waals surface area contributed by atoms with Crippen molar-refractivity contribution in [1.82, 2.24) is 25.2 Å². The molecule has 0 radical (unpaired) electrons. The van der Waals surface area contributed by atoms with E-state index in [-0.39, 0.29) is 66.1 Å². The summed E-state index contributed by atoms with van der Waals surface area (Å²) in [6, 6.07) is 1.99. The second-order valence-electron chi connectivity index (χ2n) is 16.6. The van der Waals surface area contributed by atoms with Gasteiger partial charge in [-0.1, -0.05) is 65.9 Å². The number of aromatic nitrogens is 3. The fraction of sp³-hybridized carbons (Fsp3) is 0.643. The van der Waals surface area contributed by atoms with Crippen molar-refractivity contribution in [2.45, 2.75) is 130 Å². The molecule has 3 aliphatic rings. The molecule has 0 aromatic carbocycles. The first-order chi connectivity index (χ1) is 25.4. The van der Waals surface area contributed by atoms with Crippen LogP contribution in [-0.2, 0) is 30.4 Å². The molecule has 3 fully saturated rings. The van der Waals surface area contributed by atoms with Crippen LogP contribution in [-0.4, -0.2) is 73.4 Å². The van der Waals surface area contributed by atoms with Crippen LogP contribution in [0.25, 0.3) is 0 Å². The van der Waals surface area contributed by atoms with Crippen molar-refractivity contribution in [2.75, 3.05) is 6.54 Å². The van der Waals surface area contributed by atoms with E-state index in [0.717, 1.165) is 56.9 Å². The van der Waals surface area contributed by atoms with E-state index in [2.05, 4.69) is 20.3 Å². The minimum atomic E-state index is -0.941. The molecule has 0 bridgehead atoms. The standard InChI is InChI=1S/C42H57N5O6/c1-5-11-29(38(51)34(48)18-17-27-12-10-19-43-24-27)22-36(50)37-31-16-9-15-30(31)26-47(37)41(53)39(42(2,3)4)46-40(52)32(28-13-7-6-8-14-28)23-35(49)33-25-44-20-21-45-33/h10,12,19-21,24-25,28-32,37,39H,5-9,11,13-18,22-23,26H2,1-4H3,(H,46,52)/t29-,30?,31-,32+,37-,39+/m0/s1. The van der Waals surface area contributed by atoms with Crippen molar-refractivity contribution in [3.63, 3.8) is 0 Å². The van der Waals surface area contributed by atoms with Crippen LogP contribution < -0.4 is 5.32 Å². The molecule has 1 aliphatic heterocycles. The van der Waals surface area contributed by atoms with E-state index in [1.807, 2.05) is 33.8 Å². The van der Waals surface area contributed by atoms with Gasteiger partial charge in [0.2, 0.25) is 17.6 Å². The van der Waals surface area contributed by atoms with Gasteiger partial charge in [-0.15, -0.1) is 0 Å². The Morgan fingerprint density at radius 2 is 1.66 bits per heavy atom. The van der Waals surface area contributed by atoms with Crippen molar-refractivity contribution in [2.24, 2.45) is 35.0 Å². The molecule has 286 valence electrons. The molecule has 5 rings (SSSR count). The zero-order valence-electron chi connectivity index (χ0n) is 31.9. The molecule has 0 spiro atoms. The lowest BCUT2D eigenvalue weighted by Crippen LogP contribution is -2.58. The molecule has 11 heteroatoms. The van der Waals surface area contributed by atoms with Crippen LogP contribution in [0.3, 0.4) is 0 Å². The lowest BCUT2D eigenvalue weighted by atomic mass is 9.76. The molecule has 2 aromatic heterocycles. The van der Waals surface area contributed by atoms with Gasteiger partial charge in [0.15, 0.2) is 17.3 Å². The highest BCUT2D eigenvalue weighted by molar-refractivity contribution is 6.38. The Morgan fingerprint density at radius 3 is 2.32 bits per heavy atom. The third-order valence-corrected chi connectivity index (χ3v) is 11.8. The molecular weight excluding hydrogens is 670 g/mol. The second kappa shape index (κ2) is 18.3. The van der Waals surface area contributed by atoms with E-state index in [1.54, 1.807) is 23.4 Å². The van der Waals surface area contributed by atoms with E-state index in [0.29, 0.717) is 25.8 Å². The van der Waals surface area contributed by atoms with Crippen LogP contribution in [0.15, 0.2) is 43.1 Å². The summed E-state index contributed by atoms with van der Waals surface area (Å²) >= 11 is 0. The fourth-order valence-electron chi connectivity index (χ4n) is 8.96. The van der Waals surface area contributed by atoms with Crippen LogP contribution in [0.5, 0.6) is 0 Å². The molecule has 1 unspecified atom stereocenters. The monoisotopic (exact) mass is 727 g/mol. The van der Waals surface area contributed by atoms with Crippen LogP contribution in [0.2, 0.25) is 0 Å². The maximum absolute atomic E-state index is 14.7. The Balaban J connectivity index is 1.34. The molecule has 2 aliphatic carbocycles. The van der Waals surface area contributed by atoms with Gasteiger partial charge in [0, 0.05) is 62.4 Å². The van der Waals surface area contributed by atoms with Gasteiger partial charge in [-0.2, -0.15) is 0 Å². The van der Waals surface area contributed by atoms with Crippen LogP contribution in [0.1, 0.15) is 127 Å². The molecular formula is C42H57N5O6. The normalized spacial score (nSPS) is 22.0. The van der Waals surface area contributed by atoms with Gasteiger partial charge in [0.05, 0.1) is 12.2 Å². The quantitative estimate of drug-likeness (QED) is 0.154. The summed E-state index contributed by atoms with van der Waals surface area (Å²) in [5.74, 6) is -3.34. The van der Waals surface area contributed by atoms with E-state index >= 15 is 0 Å². The summed E-state index contributed by atoms with van der Waals surface area (Å²) in [6.07, 6.45) is 16.5. The SMILES string of the molecule is CCC[C@@H](CC(=O)[C@@H]1[C@H]2CCCC2CN1C(=O)[C@@H](NC(=O)[C@H](CC(=O)c1cnccn1)C1CCCCC1)C(C)(C)C)C(=O)C(=O)CCc1cccnc1. The van der Waals surface area contributed by atoms with E-state index in [4.69, 9.17) is 0 Å². The van der Waals surface area contributed by atoms with Gasteiger partial charge in [-0.05, 0) is 73.3 Å². The van der Waals surface area contributed by atoms with E-state index in [9.17, 15) is 28.8 Å². The summed E-state index contributed by atoms with van der Waals surface area (Å²) in [6.45, 7) is 8.04. The van der Waals surface area contributed by atoms with Crippen molar-refractivity contribution in [3.05, 3.63) is 54.4 Å². The van der Waals surface area contributed by atoms with Crippen molar-refractivity contribution in [1.29, 1.82) is 0 Å². The van der Waals surface area contributed by atoms with E-state index < -0.39 is 40.9 Å². The Morgan fingerprint density at radius 1 is 0.906 bits per heavy atom. The zero-order valence-corrected chi connectivity index (χ0v) is 31.9. The summed E-state index contributed by atoms with van der Waals surface area (Å²) in [5.41, 5.74) is 0.377. The lowest BCUT2D eigenvalue weighted by Gasteiger charge is -2.38. The summed E-state index contributed by atoms with van der Waals surface area (Å²) in [4.78, 5) is 97.3. The van der Waals surface area contributed by atoms with Gasteiger partial charge >= 0.3 is 0 Å². The highest BCUT2D eigenvalue weighted by atomic mass is 16.2. The van der Waals surface area contributed by atoms with Crippen LogP contribution in [0.4, 0.5) is 0 Å². The minimum absolute atomic E-state index is 0.000618. The molecule has 3 heterocycles. The third kappa shape index (κ3) is 10.1. The Labute approximate surface area is 313 Å². The topological polar surface area (TPSA) is 156 Å². The number of amides is 2. The molecule has 53 heavy (non-hydrogen) atoms. The van der Waals surface area contributed by atoms with Crippen molar-refractivity contribution in [3.8, 4) is 0 Å². The second-order valence-corrected chi connectivity index (χ2v) is 16.6. The number of ketones is 4. The molecule has 2 amide bonds. The highest BCUT2D eigenvalue weighted by Gasteiger charge is 2.52. The molecule has 2 aromatic rings. The lowest BCUT2D eigenvalue weighted by molar-refractivity contribution is -0.146. The van der Waals surface area contributed by atoms with Crippen LogP contribution >= 0.6 is 0 Å². The maximum atomic E-state index is 14.7. The predicted molar refractivity (Wildman–Crippen MR) is 199 cm³/mol. The number of likely N-dealkylation sites (tertiary alicyclic amines) is 1. The highest BCUT2D eigenvalue weighted by Crippen LogP contribution is 2.44. The maximum Gasteiger partial charge on any atom is 0.246 e. The van der Waals surface area contributed by atoms with Crippen molar-refractivity contribution < 1.29 is 28.8 Å². The number of carbonyl (C=O) groups is 6. The number of fused-ring (bicyclic) bond motifs is 1. The first-order valence-corrected chi connectivity index (χ1v) is 19.8. The molecule has 11 nitrogen and oxygen atoms in total. The third-order valence-electron chi connectivity index (χ3n) is 11.8. The largest absolute Gasteiger partial charge is 0.344 e. The fourth-order valence-corrected chi connectivity index (χ4v) is 8.96. The number of nitrogens with one attached hydrogen (secondary N) is 1. The zero-order chi connectivity index (χ0) is 38.1. The smallest absolute Gasteiger partial charge is 0.246 e. The average Bonchev–Trinajstić information content (AvgIpc) is 3.77. The van der Waals surface area contributed by atoms with Gasteiger partial charge in [-0.3, -0.25) is 38.7 Å². The van der Waals surface area contributed by atoms with Gasteiger partial charge in [0.1, 0.15) is 11.7 Å². The Hall–Kier alpha value is -4.15. The van der Waals surface area contributed by atoms with Gasteiger partial charge in [0.25, 0.3) is 0 Å². The average molecular weight is 728 g/mol. The van der Waals surface area contributed by atoms with Gasteiger partial charge < -0.3 is 10.2 Å². The number of Topliss-reactive ketones (excluding diaryl/α,β-unsaturated/α-hetero) is 4. The number of carbonyl (C=O) groups excluding carboxylic acids is 6. The first-order valence-electron chi connectivity index (χ1n) is 19.8. The van der Waals surface area contributed by atoms with E-state index in [1.165, 1.54) is 18.6 Å². The Kier molecular flexibility index (Phi) is 13.8. The molecule has 6 atom stereocenters. The number of nitrogens with zero attached hydrogens (tertiary/aromatic N) is 4. The number of aryl methyl sites for hydroxylation is 1. The minimum Gasteiger partial charge on any atom is -0.344 e. The number of rotatable bonds is 17. The molecule has 2 saturated carbocycles. The number of pyridine rings is 1. The van der Waals surface area contributed by atoms with Crippen molar-refractivity contribution >= 4 is 34.9 Å². The Bertz CT molecular complexity index is 1600. The van der Waals surface area contributed by atoms with Gasteiger partial charge in [-0.25, -0.2) is 4.98 Å². The molecule has 1 N–H and O–H groups in total. The summed E-state index contributed by atoms with van der Waals surface area (Å²) < 4.78 is 0. The predicted octanol–water partition coefficient (Wildman–Crippen LogP) is 5.95. The summed E-state index contributed by atoms with van der Waals surface area (Å²) in [7, 11) is 0. The number of hydrogen-bond donors (Lipinski definition) is 1. The molecule has 1 saturated heterocycles. The summed E-state index contributed by atoms with van der Waals surface area (Å²) in [5, 5.41) is 3.10.